The maximum atomic E-state index is 11.9. The molecule has 0 fully saturated rings. The van der Waals surface area contributed by atoms with Gasteiger partial charge in [-0.3, -0.25) is 9.71 Å². The van der Waals surface area contributed by atoms with Crippen LogP contribution < -0.4 is 10.5 Å². The van der Waals surface area contributed by atoms with Crippen molar-refractivity contribution < 1.29 is 8.42 Å². The Bertz CT molecular complexity index is 637. The molecule has 0 saturated heterocycles. The van der Waals surface area contributed by atoms with Gasteiger partial charge in [-0.15, -0.1) is 0 Å². The zero-order valence-electron chi connectivity index (χ0n) is 9.53. The molecule has 7 nitrogen and oxygen atoms in total. The molecular formula is C10H11N5O2S. The van der Waals surface area contributed by atoms with E-state index < -0.39 is 10.0 Å². The summed E-state index contributed by atoms with van der Waals surface area (Å²) < 4.78 is 26.2. The van der Waals surface area contributed by atoms with Crippen LogP contribution in [-0.2, 0) is 10.0 Å². The van der Waals surface area contributed by atoms with Gasteiger partial charge < -0.3 is 5.73 Å². The third-order valence-electron chi connectivity index (χ3n) is 2.12. The summed E-state index contributed by atoms with van der Waals surface area (Å²) in [6.07, 6.45) is 3.73. The summed E-state index contributed by atoms with van der Waals surface area (Å²) in [6.45, 7) is 1.81. The van der Waals surface area contributed by atoms with Crippen molar-refractivity contribution >= 4 is 21.7 Å². The maximum Gasteiger partial charge on any atom is 0.265 e. The molecule has 2 aromatic heterocycles. The highest BCUT2D eigenvalue weighted by atomic mass is 32.2. The highest BCUT2D eigenvalue weighted by molar-refractivity contribution is 7.92. The van der Waals surface area contributed by atoms with Gasteiger partial charge in [-0.05, 0) is 19.1 Å². The van der Waals surface area contributed by atoms with E-state index in [9.17, 15) is 8.42 Å². The molecule has 18 heavy (non-hydrogen) atoms. The normalized spacial score (nSPS) is 11.2. The minimum Gasteiger partial charge on any atom is -0.368 e. The van der Waals surface area contributed by atoms with Crippen molar-refractivity contribution in [3.63, 3.8) is 0 Å². The summed E-state index contributed by atoms with van der Waals surface area (Å²) in [7, 11) is -3.71. The molecule has 0 radical (unpaired) electrons. The summed E-state index contributed by atoms with van der Waals surface area (Å²) in [4.78, 5) is 11.2. The number of aryl methyl sites for hydroxylation is 1. The van der Waals surface area contributed by atoms with Crippen LogP contribution in [0.1, 0.15) is 5.69 Å². The Morgan fingerprint density at radius 2 is 1.78 bits per heavy atom. The Balaban J connectivity index is 2.27. The van der Waals surface area contributed by atoms with Gasteiger partial charge in [0.05, 0.1) is 24.3 Å². The van der Waals surface area contributed by atoms with Crippen LogP contribution in [0.5, 0.6) is 0 Å². The molecule has 0 amide bonds. The van der Waals surface area contributed by atoms with E-state index >= 15 is 0 Å². The Labute approximate surface area is 104 Å². The van der Waals surface area contributed by atoms with Crippen molar-refractivity contribution in [2.24, 2.45) is 0 Å². The smallest absolute Gasteiger partial charge is 0.265 e. The second-order valence-corrected chi connectivity index (χ2v) is 5.25. The molecule has 0 aliphatic heterocycles. The Morgan fingerprint density at radius 1 is 1.11 bits per heavy atom. The third-order valence-corrected chi connectivity index (χ3v) is 3.46. The summed E-state index contributed by atoms with van der Waals surface area (Å²) >= 11 is 0. The number of anilines is 2. The van der Waals surface area contributed by atoms with E-state index in [-0.39, 0.29) is 10.8 Å². The van der Waals surface area contributed by atoms with Crippen molar-refractivity contribution in [2.75, 3.05) is 10.5 Å². The zero-order valence-corrected chi connectivity index (χ0v) is 10.3. The number of sulfonamides is 1. The monoisotopic (exact) mass is 265 g/mol. The Hall–Kier alpha value is -2.22. The van der Waals surface area contributed by atoms with Crippen LogP contribution in [0.4, 0.5) is 11.6 Å². The molecule has 0 aromatic carbocycles. The lowest BCUT2D eigenvalue weighted by molar-refractivity contribution is 0.600. The fourth-order valence-corrected chi connectivity index (χ4v) is 2.14. The van der Waals surface area contributed by atoms with E-state index in [4.69, 9.17) is 5.73 Å². The first kappa shape index (κ1) is 12.2. The molecule has 0 unspecified atom stereocenters. The summed E-state index contributed by atoms with van der Waals surface area (Å²) in [5, 5.41) is 0. The lowest BCUT2D eigenvalue weighted by Crippen LogP contribution is -2.14. The number of aromatic nitrogens is 3. The van der Waals surface area contributed by atoms with Gasteiger partial charge in [0.2, 0.25) is 5.95 Å². The van der Waals surface area contributed by atoms with E-state index in [1.165, 1.54) is 6.20 Å². The van der Waals surface area contributed by atoms with Crippen molar-refractivity contribution in [1.82, 2.24) is 15.0 Å². The van der Waals surface area contributed by atoms with Crippen LogP contribution in [-0.4, -0.2) is 23.4 Å². The van der Waals surface area contributed by atoms with Gasteiger partial charge in [0.15, 0.2) is 0 Å². The molecule has 0 aliphatic carbocycles. The molecule has 3 N–H and O–H groups in total. The minimum absolute atomic E-state index is 0.0194. The third kappa shape index (κ3) is 2.72. The maximum absolute atomic E-state index is 11.9. The summed E-state index contributed by atoms with van der Waals surface area (Å²) in [5.74, 6) is 0.0194. The predicted octanol–water partition coefficient (Wildman–Crippen LogP) is 0.563. The average molecular weight is 265 g/mol. The Kier molecular flexibility index (Phi) is 3.11. The van der Waals surface area contributed by atoms with Crippen molar-refractivity contribution in [3.8, 4) is 0 Å². The van der Waals surface area contributed by atoms with Gasteiger partial charge in [-0.1, -0.05) is 0 Å². The van der Waals surface area contributed by atoms with Crippen molar-refractivity contribution in [2.45, 2.75) is 11.8 Å². The molecular weight excluding hydrogens is 254 g/mol. The van der Waals surface area contributed by atoms with E-state index in [0.29, 0.717) is 5.69 Å². The lowest BCUT2D eigenvalue weighted by atomic mass is 10.4. The summed E-state index contributed by atoms with van der Waals surface area (Å²) in [6, 6.07) is 3.33. The largest absolute Gasteiger partial charge is 0.368 e. The quantitative estimate of drug-likeness (QED) is 0.839. The van der Waals surface area contributed by atoms with Crippen LogP contribution in [0, 0.1) is 6.92 Å². The fourth-order valence-electron chi connectivity index (χ4n) is 1.21. The number of hydrogen-bond acceptors (Lipinski definition) is 6. The van der Waals surface area contributed by atoms with E-state index in [1.54, 1.807) is 12.1 Å². The second kappa shape index (κ2) is 4.57. The van der Waals surface area contributed by atoms with Crippen LogP contribution in [0.3, 0.4) is 0 Å². The van der Waals surface area contributed by atoms with Gasteiger partial charge in [0.25, 0.3) is 10.0 Å². The molecule has 0 atom stereocenters. The highest BCUT2D eigenvalue weighted by Crippen LogP contribution is 2.14. The van der Waals surface area contributed by atoms with Gasteiger partial charge in [-0.2, -0.15) is 0 Å². The van der Waals surface area contributed by atoms with Crippen LogP contribution >= 0.6 is 0 Å². The van der Waals surface area contributed by atoms with Crippen LogP contribution in [0.25, 0.3) is 0 Å². The number of nitrogens with one attached hydrogen (secondary N) is 1. The molecule has 0 spiro atoms. The topological polar surface area (TPSA) is 111 Å². The molecule has 0 saturated carbocycles. The highest BCUT2D eigenvalue weighted by Gasteiger charge is 2.15. The lowest BCUT2D eigenvalue weighted by Gasteiger charge is -2.07. The molecule has 2 rings (SSSR count). The Morgan fingerprint density at radius 3 is 2.33 bits per heavy atom. The molecule has 0 aliphatic rings. The summed E-state index contributed by atoms with van der Waals surface area (Å²) in [5.41, 5.74) is 6.46. The number of nitrogens with zero attached hydrogens (tertiary/aromatic N) is 3. The predicted molar refractivity (Wildman–Crippen MR) is 66.2 cm³/mol. The molecule has 8 heteroatoms. The van der Waals surface area contributed by atoms with Crippen molar-refractivity contribution in [3.05, 3.63) is 36.4 Å². The molecule has 0 bridgehead atoms. The molecule has 2 aromatic rings. The van der Waals surface area contributed by atoms with Gasteiger partial charge in [-0.25, -0.2) is 18.4 Å². The van der Waals surface area contributed by atoms with E-state index in [0.717, 1.165) is 18.1 Å². The molecule has 2 heterocycles. The first-order chi connectivity index (χ1) is 8.47. The number of pyridine rings is 1. The number of nitrogens with two attached hydrogens (primary N) is 1. The number of hydrogen-bond donors (Lipinski definition) is 2. The number of rotatable bonds is 3. The van der Waals surface area contributed by atoms with Gasteiger partial charge in [0, 0.05) is 5.69 Å². The van der Waals surface area contributed by atoms with Gasteiger partial charge in [0.1, 0.15) is 4.90 Å². The first-order valence-electron chi connectivity index (χ1n) is 5.00. The number of nitrogen functional groups attached to an aromatic ring is 1. The van der Waals surface area contributed by atoms with Crippen LogP contribution in [0.2, 0.25) is 0 Å². The van der Waals surface area contributed by atoms with E-state index in [1.807, 2.05) is 6.92 Å². The minimum atomic E-state index is -3.71. The fraction of sp³-hybridized carbons (Fsp3) is 0.100. The van der Waals surface area contributed by atoms with Gasteiger partial charge >= 0.3 is 0 Å². The van der Waals surface area contributed by atoms with Crippen LogP contribution in [0.15, 0.2) is 35.6 Å². The second-order valence-electron chi connectivity index (χ2n) is 3.57. The zero-order chi connectivity index (χ0) is 13.2. The molecule has 94 valence electrons. The first-order valence-corrected chi connectivity index (χ1v) is 6.49. The average Bonchev–Trinajstić information content (AvgIpc) is 2.32. The SMILES string of the molecule is Cc1ccc(NS(=O)(=O)c2cnc(N)nc2)cn1. The van der Waals surface area contributed by atoms with Crippen molar-refractivity contribution in [1.29, 1.82) is 0 Å². The standard InChI is InChI=1S/C10H11N5O2S/c1-7-2-3-8(4-12-7)15-18(16,17)9-5-13-10(11)14-6-9/h2-6,15H,1H3,(H2,11,13,14). The van der Waals surface area contributed by atoms with E-state index in [2.05, 4.69) is 19.7 Å².